The van der Waals surface area contributed by atoms with Crippen molar-refractivity contribution in [2.45, 2.75) is 70.4 Å². The summed E-state index contributed by atoms with van der Waals surface area (Å²) >= 11 is 0. The summed E-state index contributed by atoms with van der Waals surface area (Å²) in [6.07, 6.45) is 3.46. The molecule has 4 heteroatoms. The first-order chi connectivity index (χ1) is 9.68. The summed E-state index contributed by atoms with van der Waals surface area (Å²) in [6.45, 7) is 9.73. The molecule has 0 radical (unpaired) electrons. The fraction of sp³-hybridized carbons (Fsp3) is 0.688. The summed E-state index contributed by atoms with van der Waals surface area (Å²) in [6, 6.07) is 15.0. The van der Waals surface area contributed by atoms with E-state index in [2.05, 4.69) is 50.1 Å². The predicted molar refractivity (Wildman–Crippen MR) is 94.4 cm³/mol. The van der Waals surface area contributed by atoms with Crippen LogP contribution < -0.4 is 4.23 Å². The van der Waals surface area contributed by atoms with Gasteiger partial charge in [0.25, 0.3) is 0 Å². The van der Waals surface area contributed by atoms with Crippen LogP contribution in [0, 0.1) is 0 Å². The molecular weight excluding hydrogens is 276 g/mol. The van der Waals surface area contributed by atoms with E-state index in [1.807, 2.05) is 6.20 Å². The van der Waals surface area contributed by atoms with Crippen molar-refractivity contribution in [2.75, 3.05) is 4.23 Å². The van der Waals surface area contributed by atoms with E-state index in [1.54, 1.807) is 0 Å². The lowest BCUT2D eigenvalue weighted by atomic mass is 10.5. The highest BCUT2D eigenvalue weighted by molar-refractivity contribution is 7.03. The molecule has 0 bridgehead atoms. The minimum atomic E-state index is -1.35. The second-order valence-corrected chi connectivity index (χ2v) is 16.3. The van der Waals surface area contributed by atoms with Crippen LogP contribution in [0.15, 0.2) is 24.4 Å². The highest BCUT2D eigenvalue weighted by Gasteiger charge is 2.51. The van der Waals surface area contributed by atoms with Crippen molar-refractivity contribution in [1.82, 2.24) is 4.98 Å². The number of anilines is 1. The molecule has 1 saturated heterocycles. The van der Waals surface area contributed by atoms with Crippen LogP contribution in [-0.2, 0) is 0 Å². The Balaban J connectivity index is 2.54. The van der Waals surface area contributed by atoms with E-state index in [0.29, 0.717) is 0 Å². The number of pyridine rings is 1. The van der Waals surface area contributed by atoms with E-state index in [0.717, 1.165) is 0 Å². The van der Waals surface area contributed by atoms with Gasteiger partial charge in [0, 0.05) is 6.20 Å². The Morgan fingerprint density at radius 2 is 1.50 bits per heavy atom. The molecule has 0 aromatic carbocycles. The van der Waals surface area contributed by atoms with Gasteiger partial charge >= 0.3 is 0 Å². The van der Waals surface area contributed by atoms with Crippen molar-refractivity contribution in [3.05, 3.63) is 24.4 Å². The Morgan fingerprint density at radius 3 is 1.90 bits per heavy atom. The van der Waals surface area contributed by atoms with Crippen LogP contribution in [0.5, 0.6) is 0 Å². The van der Waals surface area contributed by atoms with Crippen molar-refractivity contribution in [3.8, 4) is 0 Å². The van der Waals surface area contributed by atoms with Gasteiger partial charge in [0.2, 0.25) is 0 Å². The molecule has 2 heterocycles. The summed E-state index contributed by atoms with van der Waals surface area (Å²) in [5.74, 6) is 1.30. The van der Waals surface area contributed by atoms with Gasteiger partial charge in [-0.2, -0.15) is 0 Å². The molecule has 0 atom stereocenters. The maximum atomic E-state index is 4.78. The topological polar surface area (TPSA) is 16.1 Å². The van der Waals surface area contributed by atoms with Crippen LogP contribution in [0.2, 0.25) is 36.3 Å². The van der Waals surface area contributed by atoms with E-state index in [1.165, 1.54) is 48.5 Å². The van der Waals surface area contributed by atoms with Crippen molar-refractivity contribution < 1.29 is 0 Å². The van der Waals surface area contributed by atoms with E-state index < -0.39 is 16.5 Å². The summed E-state index contributed by atoms with van der Waals surface area (Å²) in [5, 5.41) is 0. The molecule has 20 heavy (non-hydrogen) atoms. The van der Waals surface area contributed by atoms with Crippen LogP contribution in [0.4, 0.5) is 5.82 Å². The van der Waals surface area contributed by atoms with Gasteiger partial charge < -0.3 is 4.23 Å². The Labute approximate surface area is 126 Å². The highest BCUT2D eigenvalue weighted by atomic mass is 28.4. The molecule has 1 aromatic heterocycles. The van der Waals surface area contributed by atoms with Crippen molar-refractivity contribution in [3.63, 3.8) is 0 Å². The van der Waals surface area contributed by atoms with E-state index in [9.17, 15) is 0 Å². The number of aromatic nitrogens is 1. The summed E-state index contributed by atoms with van der Waals surface area (Å²) in [5.41, 5.74) is 0. The molecule has 1 aliphatic rings. The minimum absolute atomic E-state index is 1.30. The van der Waals surface area contributed by atoms with Crippen molar-refractivity contribution in [2.24, 2.45) is 0 Å². The van der Waals surface area contributed by atoms with Gasteiger partial charge in [-0.05, 0) is 48.4 Å². The summed E-state index contributed by atoms with van der Waals surface area (Å²) in [4.78, 5) is 4.78. The molecule has 0 aliphatic carbocycles. The second-order valence-electron chi connectivity index (χ2n) is 6.24. The third-order valence-electron chi connectivity index (χ3n) is 5.74. The number of hydrogen-bond donors (Lipinski definition) is 0. The van der Waals surface area contributed by atoms with Gasteiger partial charge in [0.15, 0.2) is 0 Å². The fourth-order valence-corrected chi connectivity index (χ4v) is 18.3. The second kappa shape index (κ2) is 6.43. The summed E-state index contributed by atoms with van der Waals surface area (Å²) < 4.78 is 2.99. The molecule has 0 amide bonds. The predicted octanol–water partition coefficient (Wildman–Crippen LogP) is 5.26. The molecule has 2 rings (SSSR count). The molecule has 2 nitrogen and oxygen atoms in total. The molecule has 1 fully saturated rings. The monoisotopic (exact) mass is 306 g/mol. The Kier molecular flexibility index (Phi) is 5.07. The van der Waals surface area contributed by atoms with E-state index in [4.69, 9.17) is 4.98 Å². The van der Waals surface area contributed by atoms with Gasteiger partial charge in [-0.1, -0.05) is 40.2 Å². The number of hydrogen-bond acceptors (Lipinski definition) is 2. The number of nitrogens with zero attached hydrogens (tertiary/aromatic N) is 2. The quantitative estimate of drug-likeness (QED) is 0.690. The smallest absolute Gasteiger partial charge is 0.148 e. The molecule has 112 valence electrons. The first-order valence-electron chi connectivity index (χ1n) is 8.39. The van der Waals surface area contributed by atoms with Crippen molar-refractivity contribution in [1.29, 1.82) is 0 Å². The van der Waals surface area contributed by atoms with Crippen LogP contribution in [0.25, 0.3) is 0 Å². The van der Waals surface area contributed by atoms with Crippen LogP contribution in [0.3, 0.4) is 0 Å². The normalized spacial score (nSPS) is 20.9. The first kappa shape index (κ1) is 15.8. The average Bonchev–Trinajstić information content (AvgIpc) is 2.54. The van der Waals surface area contributed by atoms with Gasteiger partial charge in [0.05, 0.1) is 0 Å². The molecule has 0 N–H and O–H groups in total. The third kappa shape index (κ3) is 2.48. The maximum absolute atomic E-state index is 4.78. The Bertz CT molecular complexity index is 394. The van der Waals surface area contributed by atoms with Crippen LogP contribution >= 0.6 is 0 Å². The van der Waals surface area contributed by atoms with Gasteiger partial charge in [-0.3, -0.25) is 0 Å². The Hall–Kier alpha value is -0.616. The first-order valence-corrected chi connectivity index (χ1v) is 13.5. The minimum Gasteiger partial charge on any atom is -0.408 e. The van der Waals surface area contributed by atoms with E-state index in [-0.39, 0.29) is 0 Å². The third-order valence-corrected chi connectivity index (χ3v) is 18.8. The highest BCUT2D eigenvalue weighted by Crippen LogP contribution is 2.44. The van der Waals surface area contributed by atoms with Crippen molar-refractivity contribution >= 4 is 22.3 Å². The van der Waals surface area contributed by atoms with Gasteiger partial charge in [-0.15, -0.1) is 0 Å². The zero-order valence-corrected chi connectivity index (χ0v) is 15.7. The summed E-state index contributed by atoms with van der Waals surface area (Å²) in [7, 11) is -2.69. The lowest BCUT2D eigenvalue weighted by Crippen LogP contribution is -2.69. The largest absolute Gasteiger partial charge is 0.408 e. The maximum Gasteiger partial charge on any atom is 0.148 e. The average molecular weight is 307 g/mol. The number of rotatable bonds is 5. The molecule has 0 spiro atoms. The fourth-order valence-electron chi connectivity index (χ4n) is 4.28. The lowest BCUT2D eigenvalue weighted by Gasteiger charge is -2.57. The standard InChI is InChI=1S/C16H30N2Si2/c1-5-19(6-2)14-11-15-20(7-3,8-4)18(19)16-12-9-10-13-17-16/h9-10,12-13H,5-8,11,14-15H2,1-4H3. The Morgan fingerprint density at radius 1 is 0.950 bits per heavy atom. The molecule has 1 aliphatic heterocycles. The zero-order chi connectivity index (χ0) is 14.6. The van der Waals surface area contributed by atoms with Crippen LogP contribution in [0.1, 0.15) is 34.1 Å². The SMILES string of the molecule is CC[Si]1(CC)CCC[Si](CC)(CC)N1c1ccccn1. The lowest BCUT2D eigenvalue weighted by molar-refractivity contribution is 0.895. The molecule has 1 aromatic rings. The van der Waals surface area contributed by atoms with E-state index >= 15 is 0 Å². The zero-order valence-electron chi connectivity index (χ0n) is 13.7. The molecule has 0 unspecified atom stereocenters. The molecule has 0 saturated carbocycles. The van der Waals surface area contributed by atoms with Gasteiger partial charge in [-0.25, -0.2) is 4.98 Å². The molecular formula is C16H30N2Si2. The van der Waals surface area contributed by atoms with Gasteiger partial charge in [0.1, 0.15) is 22.3 Å². The van der Waals surface area contributed by atoms with Crippen LogP contribution in [-0.4, -0.2) is 21.5 Å².